The van der Waals surface area contributed by atoms with E-state index in [1.807, 2.05) is 18.4 Å². The third-order valence-corrected chi connectivity index (χ3v) is 3.16. The second-order valence-electron chi connectivity index (χ2n) is 3.33. The summed E-state index contributed by atoms with van der Waals surface area (Å²) in [5, 5.41) is 19.7. The van der Waals surface area contributed by atoms with Crippen LogP contribution in [-0.4, -0.2) is 21.0 Å². The molecule has 16 heavy (non-hydrogen) atoms. The minimum Gasteiger partial charge on any atom is -0.594 e. The number of fused-ring (bicyclic) bond motifs is 3. The Kier molecular flexibility index (Phi) is 1.97. The normalized spacial score (nSPS) is 11.3. The third kappa shape index (κ3) is 1.23. The first-order chi connectivity index (χ1) is 7.79. The largest absolute Gasteiger partial charge is 0.594 e. The van der Waals surface area contributed by atoms with E-state index in [0.29, 0.717) is 16.0 Å². The van der Waals surface area contributed by atoms with Gasteiger partial charge in [0, 0.05) is 22.1 Å². The van der Waals surface area contributed by atoms with Crippen LogP contribution in [0, 0.1) is 5.21 Å². The van der Waals surface area contributed by atoms with Crippen LogP contribution in [0.25, 0.3) is 16.7 Å². The molecular weight excluding hydrogens is 224 g/mol. The van der Waals surface area contributed by atoms with Gasteiger partial charge >= 0.3 is 0 Å². The quantitative estimate of drug-likeness (QED) is 0.360. The molecule has 0 aliphatic carbocycles. The summed E-state index contributed by atoms with van der Waals surface area (Å²) in [5.41, 5.74) is 1.85. The number of nitrogens with zero attached hydrogens (tertiary/aromatic N) is 4. The first-order valence-corrected chi connectivity index (χ1v) is 5.93. The number of hydrogen-bond donors (Lipinski definition) is 0. The third-order valence-electron chi connectivity index (χ3n) is 2.43. The first-order valence-electron chi connectivity index (χ1n) is 4.71. The average molecular weight is 232 g/mol. The lowest BCUT2D eigenvalue weighted by molar-refractivity contribution is -0.640. The summed E-state index contributed by atoms with van der Waals surface area (Å²) in [4.78, 5) is 1.73. The van der Waals surface area contributed by atoms with Crippen LogP contribution in [0.1, 0.15) is 0 Å². The average Bonchev–Trinajstić information content (AvgIpc) is 2.76. The van der Waals surface area contributed by atoms with Crippen molar-refractivity contribution in [3.05, 3.63) is 35.7 Å². The van der Waals surface area contributed by atoms with Crippen LogP contribution in [0.5, 0.6) is 0 Å². The molecule has 0 fully saturated rings. The van der Waals surface area contributed by atoms with Gasteiger partial charge in [-0.2, -0.15) is 5.10 Å². The lowest BCUT2D eigenvalue weighted by Crippen LogP contribution is -2.33. The molecular formula is C10H8N4OS. The molecule has 6 heteroatoms. The van der Waals surface area contributed by atoms with Gasteiger partial charge in [-0.25, -0.2) is 4.52 Å². The molecule has 0 amide bonds. The first kappa shape index (κ1) is 9.41. The number of rotatable bonds is 1. The second-order valence-corrected chi connectivity index (χ2v) is 4.21. The summed E-state index contributed by atoms with van der Waals surface area (Å²) in [7, 11) is 0. The molecule has 2 aromatic heterocycles. The maximum absolute atomic E-state index is 11.6. The van der Waals surface area contributed by atoms with Gasteiger partial charge in [-0.15, -0.1) is 11.8 Å². The second kappa shape index (κ2) is 3.34. The number of aromatic nitrogens is 4. The number of benzene rings is 1. The van der Waals surface area contributed by atoms with Gasteiger partial charge < -0.3 is 5.21 Å². The van der Waals surface area contributed by atoms with Crippen LogP contribution in [0.3, 0.4) is 0 Å². The van der Waals surface area contributed by atoms with Crippen LogP contribution in [0.2, 0.25) is 0 Å². The number of thioether (sulfide) groups is 1. The van der Waals surface area contributed by atoms with Gasteiger partial charge in [0.15, 0.2) is 0 Å². The van der Waals surface area contributed by atoms with Gasteiger partial charge in [0.2, 0.25) is 5.65 Å². The van der Waals surface area contributed by atoms with Crippen molar-refractivity contribution in [1.82, 2.24) is 14.7 Å². The van der Waals surface area contributed by atoms with Crippen molar-refractivity contribution in [2.24, 2.45) is 0 Å². The summed E-state index contributed by atoms with van der Waals surface area (Å²) >= 11 is 1.63. The molecule has 0 aliphatic rings. The smallest absolute Gasteiger partial charge is 0.270 e. The van der Waals surface area contributed by atoms with Crippen molar-refractivity contribution in [3.8, 4) is 0 Å². The number of hydrogen-bond acceptors (Lipinski definition) is 4. The Labute approximate surface area is 95.3 Å². The maximum atomic E-state index is 11.6. The SMILES string of the molecule is CSc1ccc2c(c1)n1nccc1n[n+]2[O-]. The molecule has 0 spiro atoms. The Balaban J connectivity index is 2.52. The molecule has 0 atom stereocenters. The summed E-state index contributed by atoms with van der Waals surface area (Å²) in [6.07, 6.45) is 3.63. The molecule has 0 saturated heterocycles. The van der Waals surface area contributed by atoms with E-state index in [-0.39, 0.29) is 0 Å². The van der Waals surface area contributed by atoms with E-state index in [1.54, 1.807) is 34.6 Å². The van der Waals surface area contributed by atoms with Gasteiger partial charge in [0.1, 0.15) is 5.52 Å². The molecule has 0 unspecified atom stereocenters. The van der Waals surface area contributed by atoms with Crippen LogP contribution < -0.4 is 4.85 Å². The zero-order valence-electron chi connectivity index (χ0n) is 8.49. The topological polar surface area (TPSA) is 57.1 Å². The lowest BCUT2D eigenvalue weighted by atomic mass is 10.3. The Morgan fingerprint density at radius 2 is 2.25 bits per heavy atom. The highest BCUT2D eigenvalue weighted by atomic mass is 32.2. The molecule has 80 valence electrons. The highest BCUT2D eigenvalue weighted by Crippen LogP contribution is 2.19. The lowest BCUT2D eigenvalue weighted by Gasteiger charge is -2.02. The molecule has 0 aliphatic heterocycles. The van der Waals surface area contributed by atoms with E-state index in [9.17, 15) is 5.21 Å². The molecule has 2 heterocycles. The molecule has 0 radical (unpaired) electrons. The van der Waals surface area contributed by atoms with E-state index in [1.165, 1.54) is 0 Å². The minimum atomic E-state index is 0.522. The fourth-order valence-corrected chi connectivity index (χ4v) is 2.10. The predicted molar refractivity (Wildman–Crippen MR) is 61.2 cm³/mol. The van der Waals surface area contributed by atoms with Crippen molar-refractivity contribution in [2.75, 3.05) is 6.26 Å². The summed E-state index contributed by atoms with van der Waals surface area (Å²) in [6.45, 7) is 0. The van der Waals surface area contributed by atoms with Crippen LogP contribution in [0.4, 0.5) is 0 Å². The van der Waals surface area contributed by atoms with Crippen molar-refractivity contribution in [2.45, 2.75) is 4.90 Å². The molecule has 0 N–H and O–H groups in total. The Morgan fingerprint density at radius 1 is 1.38 bits per heavy atom. The van der Waals surface area contributed by atoms with Crippen molar-refractivity contribution in [1.29, 1.82) is 0 Å². The monoisotopic (exact) mass is 232 g/mol. The Morgan fingerprint density at radius 3 is 3.06 bits per heavy atom. The van der Waals surface area contributed by atoms with Gasteiger partial charge in [-0.05, 0) is 23.2 Å². The van der Waals surface area contributed by atoms with Crippen LogP contribution in [-0.2, 0) is 0 Å². The standard InChI is InChI=1S/C10H8N4OS/c1-16-7-2-3-8-9(6-7)13-10(4-5-11-13)12-14(8)15/h2-6H,1H3. The summed E-state index contributed by atoms with van der Waals surface area (Å²) in [5.74, 6) is 0. The van der Waals surface area contributed by atoms with Crippen molar-refractivity contribution < 1.29 is 4.85 Å². The zero-order valence-corrected chi connectivity index (χ0v) is 9.31. The van der Waals surface area contributed by atoms with Crippen molar-refractivity contribution >= 4 is 28.4 Å². The molecule has 3 rings (SSSR count). The van der Waals surface area contributed by atoms with E-state index in [4.69, 9.17) is 0 Å². The van der Waals surface area contributed by atoms with Crippen molar-refractivity contribution in [3.63, 3.8) is 0 Å². The van der Waals surface area contributed by atoms with E-state index >= 15 is 0 Å². The van der Waals surface area contributed by atoms with Crippen LogP contribution >= 0.6 is 11.8 Å². The Hall–Kier alpha value is -1.82. The van der Waals surface area contributed by atoms with Gasteiger partial charge in [0.05, 0.1) is 6.20 Å². The maximum Gasteiger partial charge on any atom is 0.270 e. The fraction of sp³-hybridized carbons (Fsp3) is 0.100. The zero-order chi connectivity index (χ0) is 11.1. The highest BCUT2D eigenvalue weighted by molar-refractivity contribution is 7.98. The molecule has 0 bridgehead atoms. The summed E-state index contributed by atoms with van der Waals surface area (Å²) < 4.78 is 1.67. The summed E-state index contributed by atoms with van der Waals surface area (Å²) in [6, 6.07) is 7.32. The van der Waals surface area contributed by atoms with E-state index < -0.39 is 0 Å². The van der Waals surface area contributed by atoms with Gasteiger partial charge in [0.25, 0.3) is 5.52 Å². The molecule has 3 aromatic rings. The van der Waals surface area contributed by atoms with Gasteiger partial charge in [-0.3, -0.25) is 0 Å². The van der Waals surface area contributed by atoms with Crippen LogP contribution in [0.15, 0.2) is 35.4 Å². The van der Waals surface area contributed by atoms with E-state index in [2.05, 4.69) is 10.2 Å². The van der Waals surface area contributed by atoms with E-state index in [0.717, 1.165) is 10.4 Å². The minimum absolute atomic E-state index is 0.522. The fourth-order valence-electron chi connectivity index (χ4n) is 1.67. The Bertz CT molecular complexity index is 679. The molecule has 5 nitrogen and oxygen atoms in total. The molecule has 0 saturated carbocycles. The van der Waals surface area contributed by atoms with Gasteiger partial charge in [-0.1, -0.05) is 0 Å². The highest BCUT2D eigenvalue weighted by Gasteiger charge is 2.11. The predicted octanol–water partition coefficient (Wildman–Crippen LogP) is 1.24. The molecule has 1 aromatic carbocycles.